The molecule has 0 aliphatic rings. The summed E-state index contributed by atoms with van der Waals surface area (Å²) in [7, 11) is 0. The van der Waals surface area contributed by atoms with Crippen molar-refractivity contribution >= 4 is 34.2 Å². The zero-order valence-electron chi connectivity index (χ0n) is 12.0. The van der Waals surface area contributed by atoms with Gasteiger partial charge in [-0.05, 0) is 22.6 Å². The molecule has 2 heterocycles. The lowest BCUT2D eigenvalue weighted by molar-refractivity contribution is 0.619. The molecule has 8 heteroatoms. The third-order valence-corrected chi connectivity index (χ3v) is 4.04. The van der Waals surface area contributed by atoms with Gasteiger partial charge >= 0.3 is 0 Å². The number of hydrogen-bond donors (Lipinski definition) is 1. The number of nitrogens with one attached hydrogen (secondary N) is 1. The van der Waals surface area contributed by atoms with Crippen molar-refractivity contribution in [3.05, 3.63) is 62.7 Å². The topological polar surface area (TPSA) is 84.7 Å². The number of nitrogens with zero attached hydrogens (tertiary/aromatic N) is 3. The van der Waals surface area contributed by atoms with Gasteiger partial charge in [-0.15, -0.1) is 5.10 Å². The van der Waals surface area contributed by atoms with Crippen LogP contribution in [-0.4, -0.2) is 20.6 Å². The van der Waals surface area contributed by atoms with Gasteiger partial charge in [0.25, 0.3) is 0 Å². The first-order chi connectivity index (χ1) is 11.6. The van der Waals surface area contributed by atoms with Crippen LogP contribution < -0.4 is 5.43 Å². The first-order valence-electron chi connectivity index (χ1n) is 6.89. The fraction of sp³-hybridized carbons (Fsp3) is 0. The van der Waals surface area contributed by atoms with Crippen molar-refractivity contribution in [2.24, 2.45) is 0 Å². The number of rotatable bonds is 2. The van der Waals surface area contributed by atoms with Crippen LogP contribution in [-0.2, 0) is 0 Å². The van der Waals surface area contributed by atoms with E-state index in [1.54, 1.807) is 6.07 Å². The van der Waals surface area contributed by atoms with E-state index in [4.69, 9.17) is 27.6 Å². The summed E-state index contributed by atoms with van der Waals surface area (Å²) in [5.74, 6) is 0.971. The Bertz CT molecular complexity index is 1090. The summed E-state index contributed by atoms with van der Waals surface area (Å²) >= 11 is 12.1. The average molecular weight is 359 g/mol. The second-order valence-corrected chi connectivity index (χ2v) is 5.91. The van der Waals surface area contributed by atoms with Gasteiger partial charge in [-0.3, -0.25) is 4.79 Å². The van der Waals surface area contributed by atoms with Crippen molar-refractivity contribution in [3.8, 4) is 22.7 Å². The lowest BCUT2D eigenvalue weighted by Gasteiger charge is -2.05. The number of aromatic nitrogens is 4. The highest BCUT2D eigenvalue weighted by Gasteiger charge is 2.11. The van der Waals surface area contributed by atoms with E-state index in [2.05, 4.69) is 20.6 Å². The van der Waals surface area contributed by atoms with E-state index in [1.165, 1.54) is 12.1 Å². The Morgan fingerprint density at radius 1 is 1.00 bits per heavy atom. The first-order valence-corrected chi connectivity index (χ1v) is 7.65. The molecule has 0 saturated carbocycles. The van der Waals surface area contributed by atoms with Crippen LogP contribution in [0.5, 0.6) is 0 Å². The van der Waals surface area contributed by atoms with E-state index in [-0.39, 0.29) is 5.43 Å². The summed E-state index contributed by atoms with van der Waals surface area (Å²) in [6.45, 7) is 0. The van der Waals surface area contributed by atoms with E-state index in [1.807, 2.05) is 24.3 Å². The van der Waals surface area contributed by atoms with E-state index >= 15 is 0 Å². The number of fused-ring (bicyclic) bond motifs is 1. The molecule has 0 amide bonds. The zero-order valence-corrected chi connectivity index (χ0v) is 13.5. The van der Waals surface area contributed by atoms with Crippen molar-refractivity contribution < 1.29 is 4.42 Å². The standard InChI is InChI=1S/C16H8Cl2N4O2/c17-10-5-11-13(23)7-14(24-15(11)12(18)6-10)8-1-3-9(4-2-8)16-19-21-22-20-16/h1-7H,(H,19,20,21,22). The molecule has 118 valence electrons. The van der Waals surface area contributed by atoms with Crippen molar-refractivity contribution in [2.75, 3.05) is 0 Å². The molecule has 0 spiro atoms. The normalized spacial score (nSPS) is 11.1. The molecular weight excluding hydrogens is 351 g/mol. The molecule has 0 radical (unpaired) electrons. The molecule has 4 aromatic rings. The molecule has 0 unspecified atom stereocenters. The molecule has 0 atom stereocenters. The Morgan fingerprint density at radius 2 is 1.75 bits per heavy atom. The van der Waals surface area contributed by atoms with Gasteiger partial charge in [0.05, 0.1) is 10.4 Å². The fourth-order valence-electron chi connectivity index (χ4n) is 2.40. The number of tetrazole rings is 1. The summed E-state index contributed by atoms with van der Waals surface area (Å²) in [6.07, 6.45) is 0. The van der Waals surface area contributed by atoms with Gasteiger partial charge in [0.2, 0.25) is 0 Å². The predicted molar refractivity (Wildman–Crippen MR) is 91.1 cm³/mol. The lowest BCUT2D eigenvalue weighted by atomic mass is 10.1. The highest BCUT2D eigenvalue weighted by atomic mass is 35.5. The zero-order chi connectivity index (χ0) is 16.7. The Labute approximate surface area is 145 Å². The van der Waals surface area contributed by atoms with Gasteiger partial charge in [0, 0.05) is 22.2 Å². The van der Waals surface area contributed by atoms with Gasteiger partial charge in [0.15, 0.2) is 16.8 Å². The quantitative estimate of drug-likeness (QED) is 0.586. The third kappa shape index (κ3) is 2.55. The molecular formula is C16H8Cl2N4O2. The highest BCUT2D eigenvalue weighted by Crippen LogP contribution is 2.30. The third-order valence-electron chi connectivity index (χ3n) is 3.54. The van der Waals surface area contributed by atoms with Gasteiger partial charge in [-0.2, -0.15) is 0 Å². The maximum Gasteiger partial charge on any atom is 0.193 e. The molecule has 4 rings (SSSR count). The fourth-order valence-corrected chi connectivity index (χ4v) is 2.93. The maximum absolute atomic E-state index is 12.3. The number of aromatic amines is 1. The smallest absolute Gasteiger partial charge is 0.193 e. The summed E-state index contributed by atoms with van der Waals surface area (Å²) in [4.78, 5) is 12.3. The Kier molecular flexibility index (Phi) is 3.55. The van der Waals surface area contributed by atoms with Gasteiger partial charge in [0.1, 0.15) is 5.76 Å². The second kappa shape index (κ2) is 5.74. The molecule has 0 bridgehead atoms. The lowest BCUT2D eigenvalue weighted by Crippen LogP contribution is -2.00. The molecule has 0 aliphatic carbocycles. The van der Waals surface area contributed by atoms with E-state index < -0.39 is 0 Å². The van der Waals surface area contributed by atoms with Crippen LogP contribution in [0, 0.1) is 0 Å². The van der Waals surface area contributed by atoms with Crippen LogP contribution in [0.2, 0.25) is 10.0 Å². The minimum atomic E-state index is -0.209. The number of benzene rings is 2. The molecule has 0 aliphatic heterocycles. The summed E-state index contributed by atoms with van der Waals surface area (Å²) in [6, 6.07) is 11.8. The predicted octanol–water partition coefficient (Wildman–Crippen LogP) is 3.95. The van der Waals surface area contributed by atoms with Crippen LogP contribution in [0.4, 0.5) is 0 Å². The summed E-state index contributed by atoms with van der Waals surface area (Å²) < 4.78 is 5.81. The van der Waals surface area contributed by atoms with Crippen LogP contribution in [0.3, 0.4) is 0 Å². The second-order valence-electron chi connectivity index (χ2n) is 5.07. The van der Waals surface area contributed by atoms with E-state index in [9.17, 15) is 4.79 Å². The number of hydrogen-bond acceptors (Lipinski definition) is 5. The average Bonchev–Trinajstić information content (AvgIpc) is 3.10. The maximum atomic E-state index is 12.3. The Hall–Kier alpha value is -2.70. The highest BCUT2D eigenvalue weighted by molar-refractivity contribution is 6.38. The van der Waals surface area contributed by atoms with Crippen molar-refractivity contribution in [3.63, 3.8) is 0 Å². The monoisotopic (exact) mass is 358 g/mol. The Balaban J connectivity index is 1.83. The van der Waals surface area contributed by atoms with Crippen molar-refractivity contribution in [1.82, 2.24) is 20.6 Å². The van der Waals surface area contributed by atoms with Crippen LogP contribution in [0.25, 0.3) is 33.7 Å². The van der Waals surface area contributed by atoms with E-state index in [0.29, 0.717) is 32.6 Å². The van der Waals surface area contributed by atoms with Gasteiger partial charge in [-0.25, -0.2) is 5.10 Å². The minimum absolute atomic E-state index is 0.209. The molecule has 24 heavy (non-hydrogen) atoms. The molecule has 0 saturated heterocycles. The van der Waals surface area contributed by atoms with Gasteiger partial charge in [-0.1, -0.05) is 47.5 Å². The molecule has 0 fully saturated rings. The number of halogens is 2. The molecule has 6 nitrogen and oxygen atoms in total. The van der Waals surface area contributed by atoms with Crippen molar-refractivity contribution in [2.45, 2.75) is 0 Å². The van der Waals surface area contributed by atoms with Gasteiger partial charge < -0.3 is 4.42 Å². The Morgan fingerprint density at radius 3 is 2.46 bits per heavy atom. The van der Waals surface area contributed by atoms with Crippen molar-refractivity contribution in [1.29, 1.82) is 0 Å². The first kappa shape index (κ1) is 14.9. The molecule has 2 aromatic carbocycles. The van der Waals surface area contributed by atoms with Crippen LogP contribution in [0.1, 0.15) is 0 Å². The minimum Gasteiger partial charge on any atom is -0.454 e. The molecule has 2 aromatic heterocycles. The summed E-state index contributed by atoms with van der Waals surface area (Å²) in [5.41, 5.74) is 1.65. The number of H-pyrrole nitrogens is 1. The van der Waals surface area contributed by atoms with Crippen LogP contribution >= 0.6 is 23.2 Å². The molecule has 1 N–H and O–H groups in total. The SMILES string of the molecule is O=c1cc(-c2ccc(-c3nnn[nH]3)cc2)oc2c(Cl)cc(Cl)cc12. The van der Waals surface area contributed by atoms with Crippen LogP contribution in [0.15, 0.2) is 51.7 Å². The summed E-state index contributed by atoms with van der Waals surface area (Å²) in [5, 5.41) is 14.6. The van der Waals surface area contributed by atoms with E-state index in [0.717, 1.165) is 11.1 Å². The largest absolute Gasteiger partial charge is 0.454 e.